The van der Waals surface area contributed by atoms with Crippen molar-refractivity contribution in [3.63, 3.8) is 0 Å². The first kappa shape index (κ1) is 32.9. The number of benzene rings is 9. The lowest BCUT2D eigenvalue weighted by Crippen LogP contribution is -2.28. The molecule has 0 bridgehead atoms. The molecule has 10 aromatic rings. The van der Waals surface area contributed by atoms with E-state index in [1.165, 1.54) is 49.7 Å². The predicted octanol–water partition coefficient (Wildman–Crippen LogP) is 14.1. The molecule has 0 spiro atoms. The van der Waals surface area contributed by atoms with Gasteiger partial charge in [-0.3, -0.25) is 0 Å². The molecule has 0 N–H and O–H groups in total. The van der Waals surface area contributed by atoms with Crippen LogP contribution in [0.3, 0.4) is 0 Å². The maximum atomic E-state index is 6.40. The van der Waals surface area contributed by atoms with Crippen LogP contribution in [0, 0.1) is 0 Å². The molecule has 57 heavy (non-hydrogen) atoms. The Morgan fingerprint density at radius 3 is 1.68 bits per heavy atom. The Morgan fingerprint density at radius 2 is 0.930 bits per heavy atom. The van der Waals surface area contributed by atoms with Gasteiger partial charge in [-0.15, -0.1) is 0 Å². The molecule has 268 valence electrons. The lowest BCUT2D eigenvalue weighted by Gasteiger charge is -2.35. The Labute approximate surface area is 331 Å². The van der Waals surface area contributed by atoms with Crippen LogP contribution in [0.4, 0.5) is 17.1 Å². The Morgan fingerprint density at radius 1 is 0.386 bits per heavy atom. The maximum absolute atomic E-state index is 6.40. The molecule has 0 unspecified atom stereocenters. The summed E-state index contributed by atoms with van der Waals surface area (Å²) < 4.78 is 6.40. The second kappa shape index (κ2) is 13.4. The monoisotopic (exact) mass is 728 g/mol. The molecule has 1 aliphatic carbocycles. The topological polar surface area (TPSA) is 29.3 Å². The van der Waals surface area contributed by atoms with E-state index >= 15 is 0 Å². The van der Waals surface area contributed by atoms with Crippen molar-refractivity contribution in [2.24, 2.45) is 0 Å². The van der Waals surface area contributed by atoms with Crippen LogP contribution in [-0.4, -0.2) is 4.98 Å². The number of nitrogens with zero attached hydrogens (tertiary/aromatic N) is 2. The van der Waals surface area contributed by atoms with Crippen molar-refractivity contribution in [3.8, 4) is 33.7 Å². The molecular formula is C54H36N2O. The fourth-order valence-corrected chi connectivity index (χ4v) is 8.95. The zero-order valence-corrected chi connectivity index (χ0v) is 31.1. The fraction of sp³-hybridized carbons (Fsp3) is 0.0185. The Hall–Kier alpha value is -7.49. The quantitative estimate of drug-likeness (QED) is 0.164. The summed E-state index contributed by atoms with van der Waals surface area (Å²) in [4.78, 5) is 7.42. The van der Waals surface area contributed by atoms with Crippen molar-refractivity contribution in [2.75, 3.05) is 4.90 Å². The van der Waals surface area contributed by atoms with E-state index in [9.17, 15) is 0 Å². The number of oxazole rings is 1. The average molecular weight is 729 g/mol. The number of rotatable bonds is 7. The second-order valence-corrected chi connectivity index (χ2v) is 14.7. The van der Waals surface area contributed by atoms with E-state index < -0.39 is 5.41 Å². The second-order valence-electron chi connectivity index (χ2n) is 14.7. The Balaban J connectivity index is 1.09. The minimum atomic E-state index is -0.513. The maximum Gasteiger partial charge on any atom is 0.227 e. The number of hydrogen-bond acceptors (Lipinski definition) is 3. The summed E-state index contributed by atoms with van der Waals surface area (Å²) in [5.41, 5.74) is 15.0. The van der Waals surface area contributed by atoms with Crippen LogP contribution < -0.4 is 4.90 Å². The predicted molar refractivity (Wildman–Crippen MR) is 234 cm³/mol. The van der Waals surface area contributed by atoms with Gasteiger partial charge in [0, 0.05) is 22.6 Å². The smallest absolute Gasteiger partial charge is 0.227 e. The van der Waals surface area contributed by atoms with Gasteiger partial charge in [-0.2, -0.15) is 0 Å². The highest BCUT2D eigenvalue weighted by atomic mass is 16.3. The van der Waals surface area contributed by atoms with E-state index in [-0.39, 0.29) is 0 Å². The SMILES string of the molecule is c1ccc(-c2ccc(-c3nc4cc(N(c5ccc6c(c5)C(c5ccccc5)(c5ccccc5)c5ccccc5-6)c5ccc6ccccc6c5)ccc4o3)cc2)cc1. The summed E-state index contributed by atoms with van der Waals surface area (Å²) in [7, 11) is 0. The third-order valence-electron chi connectivity index (χ3n) is 11.6. The van der Waals surface area contributed by atoms with Gasteiger partial charge < -0.3 is 9.32 Å². The van der Waals surface area contributed by atoms with Gasteiger partial charge in [0.2, 0.25) is 5.89 Å². The van der Waals surface area contributed by atoms with Crippen LogP contribution in [-0.2, 0) is 5.41 Å². The van der Waals surface area contributed by atoms with Crippen LogP contribution in [0.5, 0.6) is 0 Å². The van der Waals surface area contributed by atoms with Crippen molar-refractivity contribution < 1.29 is 4.42 Å². The van der Waals surface area contributed by atoms with Gasteiger partial charge >= 0.3 is 0 Å². The molecule has 0 fully saturated rings. The van der Waals surface area contributed by atoms with E-state index in [0.717, 1.165) is 39.3 Å². The van der Waals surface area contributed by atoms with Crippen molar-refractivity contribution in [1.82, 2.24) is 4.98 Å². The molecule has 0 saturated carbocycles. The minimum Gasteiger partial charge on any atom is -0.436 e. The number of anilines is 3. The Bertz CT molecular complexity index is 3020. The number of fused-ring (bicyclic) bond motifs is 5. The largest absolute Gasteiger partial charge is 0.436 e. The van der Waals surface area contributed by atoms with Gasteiger partial charge in [0.05, 0.1) is 5.41 Å². The van der Waals surface area contributed by atoms with Crippen molar-refractivity contribution in [2.45, 2.75) is 5.41 Å². The van der Waals surface area contributed by atoms with Crippen LogP contribution in [0.1, 0.15) is 22.3 Å². The molecule has 1 heterocycles. The lowest BCUT2D eigenvalue weighted by molar-refractivity contribution is 0.620. The van der Waals surface area contributed by atoms with Crippen molar-refractivity contribution in [3.05, 3.63) is 241 Å². The third-order valence-corrected chi connectivity index (χ3v) is 11.6. The van der Waals surface area contributed by atoms with E-state index in [4.69, 9.17) is 9.40 Å². The molecule has 0 atom stereocenters. The number of hydrogen-bond donors (Lipinski definition) is 0. The third kappa shape index (κ3) is 5.39. The van der Waals surface area contributed by atoms with Gasteiger partial charge in [0.15, 0.2) is 5.58 Å². The van der Waals surface area contributed by atoms with Crippen LogP contribution in [0.2, 0.25) is 0 Å². The molecule has 3 heteroatoms. The van der Waals surface area contributed by atoms with Crippen LogP contribution in [0.15, 0.2) is 223 Å². The highest BCUT2D eigenvalue weighted by Crippen LogP contribution is 2.57. The highest BCUT2D eigenvalue weighted by molar-refractivity contribution is 5.93. The van der Waals surface area contributed by atoms with Gasteiger partial charge in [-0.25, -0.2) is 4.98 Å². The zero-order chi connectivity index (χ0) is 37.8. The van der Waals surface area contributed by atoms with E-state index in [2.05, 4.69) is 217 Å². The number of aromatic nitrogens is 1. The summed E-state index contributed by atoms with van der Waals surface area (Å²) in [5.74, 6) is 0.602. The molecule has 9 aromatic carbocycles. The Kier molecular flexibility index (Phi) is 7.71. The van der Waals surface area contributed by atoms with Gasteiger partial charge in [0.25, 0.3) is 0 Å². The molecule has 1 aliphatic rings. The summed E-state index contributed by atoms with van der Waals surface area (Å²) in [6, 6.07) is 78.3. The van der Waals surface area contributed by atoms with Gasteiger partial charge in [-0.05, 0) is 110 Å². The first-order chi connectivity index (χ1) is 28.2. The van der Waals surface area contributed by atoms with E-state index in [0.29, 0.717) is 5.89 Å². The molecule has 3 nitrogen and oxygen atoms in total. The molecule has 1 aromatic heterocycles. The van der Waals surface area contributed by atoms with Crippen molar-refractivity contribution in [1.29, 1.82) is 0 Å². The minimum absolute atomic E-state index is 0.513. The summed E-state index contributed by atoms with van der Waals surface area (Å²) in [6.07, 6.45) is 0. The molecule has 11 rings (SSSR count). The standard InChI is InChI=1S/C54H36N2O/c1-4-14-37(15-5-1)39-24-26-40(27-25-39)53-55-51-36-46(31-33-52(51)57-53)56(44-29-28-38-16-10-11-17-41(38)34-44)45-30-32-48-47-22-12-13-23-49(47)54(50(48)35-45,42-18-6-2-7-19-42)43-20-8-3-9-21-43/h1-36H. The zero-order valence-electron chi connectivity index (χ0n) is 31.1. The molecule has 0 saturated heterocycles. The van der Waals surface area contributed by atoms with E-state index in [1.54, 1.807) is 0 Å². The first-order valence-corrected chi connectivity index (χ1v) is 19.4. The van der Waals surface area contributed by atoms with E-state index in [1.807, 2.05) is 6.07 Å². The molecule has 0 amide bonds. The highest BCUT2D eigenvalue weighted by Gasteiger charge is 2.46. The average Bonchev–Trinajstić information content (AvgIpc) is 3.85. The molecule has 0 aliphatic heterocycles. The van der Waals surface area contributed by atoms with Gasteiger partial charge in [0.1, 0.15) is 5.52 Å². The first-order valence-electron chi connectivity index (χ1n) is 19.4. The summed E-state index contributed by atoms with van der Waals surface area (Å²) in [5, 5.41) is 2.38. The van der Waals surface area contributed by atoms with Crippen LogP contribution >= 0.6 is 0 Å². The molecule has 0 radical (unpaired) electrons. The summed E-state index contributed by atoms with van der Waals surface area (Å²) in [6.45, 7) is 0. The van der Waals surface area contributed by atoms with Gasteiger partial charge in [-0.1, -0.05) is 164 Å². The molecular weight excluding hydrogens is 693 g/mol. The summed E-state index contributed by atoms with van der Waals surface area (Å²) >= 11 is 0. The normalized spacial score (nSPS) is 12.7. The van der Waals surface area contributed by atoms with Crippen molar-refractivity contribution >= 4 is 38.9 Å². The fourth-order valence-electron chi connectivity index (χ4n) is 8.95. The lowest BCUT2D eigenvalue weighted by atomic mass is 9.67. The van der Waals surface area contributed by atoms with Crippen LogP contribution in [0.25, 0.3) is 55.6 Å².